The first-order chi connectivity index (χ1) is 26.4. The number of amides is 2. The Bertz CT molecular complexity index is 1660. The number of Topliss-reactive ketones (excluding diaryl/α,β-unsaturated/α-hetero) is 1. The molecule has 18 heteroatoms. The predicted molar refractivity (Wildman–Crippen MR) is 197 cm³/mol. The number of nitrogens with zero attached hydrogens (tertiary/aromatic N) is 1. The number of hydrogen-bond acceptors (Lipinski definition) is 15. The Labute approximate surface area is 324 Å². The van der Waals surface area contributed by atoms with E-state index in [1.54, 1.807) is 26.8 Å². The molecule has 0 aliphatic carbocycles. The first kappa shape index (κ1) is 45.1. The van der Waals surface area contributed by atoms with Crippen molar-refractivity contribution in [2.45, 2.75) is 105 Å². The van der Waals surface area contributed by atoms with Gasteiger partial charge in [0.25, 0.3) is 5.69 Å². The molecule has 3 rings (SSSR count). The van der Waals surface area contributed by atoms with Crippen molar-refractivity contribution in [3.05, 3.63) is 58.1 Å². The van der Waals surface area contributed by atoms with E-state index in [0.717, 1.165) is 0 Å². The van der Waals surface area contributed by atoms with Gasteiger partial charge in [-0.2, -0.15) is 5.48 Å². The van der Waals surface area contributed by atoms with Gasteiger partial charge in [-0.3, -0.25) is 29.3 Å². The van der Waals surface area contributed by atoms with E-state index >= 15 is 0 Å². The minimum atomic E-state index is -1.12. The van der Waals surface area contributed by atoms with E-state index in [1.807, 2.05) is 20.8 Å². The molecule has 0 aromatic heterocycles. The van der Waals surface area contributed by atoms with Crippen molar-refractivity contribution in [3.8, 4) is 11.5 Å². The number of ketones is 1. The van der Waals surface area contributed by atoms with E-state index < -0.39 is 53.7 Å². The van der Waals surface area contributed by atoms with Gasteiger partial charge in [0, 0.05) is 62.1 Å². The predicted octanol–water partition coefficient (Wildman–Crippen LogP) is 6.18. The van der Waals surface area contributed by atoms with Gasteiger partial charge in [0.1, 0.15) is 29.5 Å². The molecule has 2 aromatic carbocycles. The van der Waals surface area contributed by atoms with Gasteiger partial charge < -0.3 is 38.5 Å². The van der Waals surface area contributed by atoms with Gasteiger partial charge in [-0.1, -0.05) is 13.8 Å². The number of esters is 1. The van der Waals surface area contributed by atoms with Gasteiger partial charge in [-0.25, -0.2) is 9.59 Å². The summed E-state index contributed by atoms with van der Waals surface area (Å²) in [4.78, 5) is 76.7. The van der Waals surface area contributed by atoms with Gasteiger partial charge in [-0.15, -0.1) is 0 Å². The summed E-state index contributed by atoms with van der Waals surface area (Å²) in [6.07, 6.45) is -3.33. The number of carbonyl (C=O) groups is 5. The van der Waals surface area contributed by atoms with Crippen LogP contribution in [0.3, 0.4) is 0 Å². The molecule has 5 atom stereocenters. The SMILES string of the molecule is CC(=O)OC1[C@H](Oc2ccc(NC(=O)CCC(=O)CCCOCCONC(=O)OC(C)(C)C)cc2COC(=O)Oc2ccc([N+](=O)[O-])cc2)OC(C)[C@@H](C)[C@@H]1C. The fourth-order valence-electron chi connectivity index (χ4n) is 5.33. The molecule has 1 aliphatic rings. The lowest BCUT2D eigenvalue weighted by molar-refractivity contribution is -0.384. The number of nitro benzene ring substituents is 1. The number of carbonyl (C=O) groups excluding carboxylic acids is 5. The highest BCUT2D eigenvalue weighted by atomic mass is 16.7. The lowest BCUT2D eigenvalue weighted by Gasteiger charge is -2.42. The van der Waals surface area contributed by atoms with E-state index in [1.165, 1.54) is 43.3 Å². The highest BCUT2D eigenvalue weighted by Gasteiger charge is 2.43. The maximum absolute atomic E-state index is 12.8. The Morgan fingerprint density at radius 1 is 0.911 bits per heavy atom. The molecule has 2 N–H and O–H groups in total. The van der Waals surface area contributed by atoms with Crippen LogP contribution in [-0.2, 0) is 49.5 Å². The van der Waals surface area contributed by atoms with Crippen molar-refractivity contribution in [1.82, 2.24) is 5.48 Å². The quantitative estimate of drug-likeness (QED) is 0.0405. The van der Waals surface area contributed by atoms with Gasteiger partial charge in [-0.05, 0) is 70.4 Å². The first-order valence-electron chi connectivity index (χ1n) is 18.1. The standard InChI is InChI=1S/C38H51N3O15/c1-23-24(2)34(53-26(4)42)35(52-25(23)3)55-32-16-10-28(21-27(32)22-50-37(46)54-31-14-11-29(12-15-31)41(47)48)39-33(44)17-13-30(43)9-8-18-49-19-20-51-40-36(45)56-38(5,6)7/h10-12,14-16,21,23-25,34-35H,8-9,13,17-20,22H2,1-7H3,(H,39,44)(H,40,45)/t23-,24-,25?,34?,35-/m0/s1. The summed E-state index contributed by atoms with van der Waals surface area (Å²) < 4.78 is 38.8. The summed E-state index contributed by atoms with van der Waals surface area (Å²) in [7, 11) is 0. The third-order valence-electron chi connectivity index (χ3n) is 8.45. The summed E-state index contributed by atoms with van der Waals surface area (Å²) in [5.74, 6) is -0.975. The zero-order valence-electron chi connectivity index (χ0n) is 32.7. The second-order valence-corrected chi connectivity index (χ2v) is 14.1. The molecule has 0 saturated carbocycles. The number of nitro groups is 1. The molecule has 2 amide bonds. The first-order valence-corrected chi connectivity index (χ1v) is 18.1. The van der Waals surface area contributed by atoms with Crippen LogP contribution in [0.5, 0.6) is 11.5 Å². The van der Waals surface area contributed by atoms with Crippen LogP contribution in [0, 0.1) is 22.0 Å². The highest BCUT2D eigenvalue weighted by molar-refractivity contribution is 5.93. The van der Waals surface area contributed by atoms with Gasteiger partial charge in [0.15, 0.2) is 6.10 Å². The number of rotatable bonds is 19. The minimum absolute atomic E-state index is 0.00819. The molecule has 1 fully saturated rings. The average Bonchev–Trinajstić information content (AvgIpc) is 3.11. The summed E-state index contributed by atoms with van der Waals surface area (Å²) in [5.41, 5.74) is 1.90. The number of hydroxylamine groups is 1. The zero-order chi connectivity index (χ0) is 41.4. The smallest absolute Gasteiger partial charge is 0.460 e. The maximum atomic E-state index is 12.8. The maximum Gasteiger partial charge on any atom is 0.514 e. The van der Waals surface area contributed by atoms with Crippen molar-refractivity contribution in [1.29, 1.82) is 0 Å². The molecule has 0 spiro atoms. The third-order valence-corrected chi connectivity index (χ3v) is 8.45. The second kappa shape index (κ2) is 21.7. The van der Waals surface area contributed by atoms with E-state index in [0.29, 0.717) is 12.1 Å². The molecular weight excluding hydrogens is 738 g/mol. The van der Waals surface area contributed by atoms with E-state index in [4.69, 9.17) is 38.0 Å². The number of benzene rings is 2. The van der Waals surface area contributed by atoms with Crippen LogP contribution in [0.1, 0.15) is 79.7 Å². The molecule has 1 heterocycles. The second-order valence-electron chi connectivity index (χ2n) is 14.1. The fraction of sp³-hybridized carbons (Fsp3) is 0.553. The summed E-state index contributed by atoms with van der Waals surface area (Å²) >= 11 is 0. The Balaban J connectivity index is 1.57. The van der Waals surface area contributed by atoms with E-state index in [9.17, 15) is 34.1 Å². The largest absolute Gasteiger partial charge is 0.514 e. The Morgan fingerprint density at radius 2 is 1.62 bits per heavy atom. The Hall–Kier alpha value is -5.33. The molecule has 1 saturated heterocycles. The zero-order valence-corrected chi connectivity index (χ0v) is 32.7. The molecule has 2 aromatic rings. The van der Waals surface area contributed by atoms with Crippen LogP contribution in [0.4, 0.5) is 21.0 Å². The van der Waals surface area contributed by atoms with Crippen molar-refractivity contribution in [2.75, 3.05) is 25.1 Å². The Kier molecular flexibility index (Phi) is 17.4. The Morgan fingerprint density at radius 3 is 2.29 bits per heavy atom. The van der Waals surface area contributed by atoms with Crippen molar-refractivity contribution >= 4 is 41.3 Å². The molecule has 308 valence electrons. The van der Waals surface area contributed by atoms with Gasteiger partial charge in [0.2, 0.25) is 12.2 Å². The molecular formula is C38H51N3O15. The molecule has 1 aliphatic heterocycles. The highest BCUT2D eigenvalue weighted by Crippen LogP contribution is 2.35. The molecule has 2 unspecified atom stereocenters. The molecule has 0 bridgehead atoms. The summed E-state index contributed by atoms with van der Waals surface area (Å²) in [5, 5.41) is 13.7. The fourth-order valence-corrected chi connectivity index (χ4v) is 5.33. The number of non-ortho nitro benzene ring substituents is 1. The lowest BCUT2D eigenvalue weighted by Crippen LogP contribution is -2.52. The summed E-state index contributed by atoms with van der Waals surface area (Å²) in [6.45, 7) is 12.4. The van der Waals surface area contributed by atoms with Crippen LogP contribution in [0.15, 0.2) is 42.5 Å². The molecule has 18 nitrogen and oxygen atoms in total. The van der Waals surface area contributed by atoms with Crippen molar-refractivity contribution in [3.63, 3.8) is 0 Å². The minimum Gasteiger partial charge on any atom is -0.460 e. The molecule has 56 heavy (non-hydrogen) atoms. The van der Waals surface area contributed by atoms with Crippen molar-refractivity contribution in [2.24, 2.45) is 11.8 Å². The lowest BCUT2D eigenvalue weighted by atomic mass is 9.84. The van der Waals surface area contributed by atoms with Crippen LogP contribution in [0.2, 0.25) is 0 Å². The summed E-state index contributed by atoms with van der Waals surface area (Å²) in [6, 6.07) is 9.42. The van der Waals surface area contributed by atoms with Crippen LogP contribution >= 0.6 is 0 Å². The van der Waals surface area contributed by atoms with Gasteiger partial charge in [0.05, 0.1) is 24.2 Å². The topological polar surface area (TPSA) is 226 Å². The van der Waals surface area contributed by atoms with E-state index in [-0.39, 0.29) is 85.6 Å². The van der Waals surface area contributed by atoms with Gasteiger partial charge >= 0.3 is 18.2 Å². The third kappa shape index (κ3) is 15.8. The van der Waals surface area contributed by atoms with Crippen LogP contribution in [0.25, 0.3) is 0 Å². The van der Waals surface area contributed by atoms with Crippen LogP contribution < -0.4 is 20.3 Å². The number of anilines is 1. The average molecular weight is 790 g/mol. The number of hydrogen-bond donors (Lipinski definition) is 2. The molecule has 0 radical (unpaired) electrons. The monoisotopic (exact) mass is 789 g/mol. The van der Waals surface area contributed by atoms with Crippen molar-refractivity contribution < 1.29 is 66.9 Å². The normalized spacial score (nSPS) is 19.2. The van der Waals surface area contributed by atoms with E-state index in [2.05, 4.69) is 10.8 Å². The number of ether oxygens (including phenoxy) is 7. The van der Waals surface area contributed by atoms with Crippen LogP contribution in [-0.4, -0.2) is 78.8 Å². The number of nitrogens with one attached hydrogen (secondary N) is 2.